The number of benzene rings is 1. The highest BCUT2D eigenvalue weighted by Gasteiger charge is 2.33. The van der Waals surface area contributed by atoms with Crippen molar-refractivity contribution in [1.82, 2.24) is 0 Å². The number of hydrogen-bond acceptors (Lipinski definition) is 1. The van der Waals surface area contributed by atoms with Crippen LogP contribution < -0.4 is 0 Å². The first-order valence-corrected chi connectivity index (χ1v) is 6.83. The van der Waals surface area contributed by atoms with Gasteiger partial charge in [-0.1, -0.05) is 19.8 Å². The van der Waals surface area contributed by atoms with E-state index in [1.807, 2.05) is 0 Å². The second kappa shape index (κ2) is 5.72. The van der Waals surface area contributed by atoms with Gasteiger partial charge in [-0.3, -0.25) is 0 Å². The lowest BCUT2D eigenvalue weighted by atomic mass is 9.78. The SMILES string of the molecule is CC1CCCC(C(O)c2cc(F)cc(C(F)(F)F)c2)C1. The predicted molar refractivity (Wildman–Crippen MR) is 67.5 cm³/mol. The van der Waals surface area contributed by atoms with E-state index in [0.29, 0.717) is 12.0 Å². The monoisotopic (exact) mass is 290 g/mol. The Labute approximate surface area is 115 Å². The Kier molecular flexibility index (Phi) is 4.37. The molecule has 0 radical (unpaired) electrons. The summed E-state index contributed by atoms with van der Waals surface area (Å²) in [6, 6.07) is 2.31. The van der Waals surface area contributed by atoms with Crippen molar-refractivity contribution in [1.29, 1.82) is 0 Å². The second-order valence-electron chi connectivity index (χ2n) is 5.75. The first-order chi connectivity index (χ1) is 9.27. The van der Waals surface area contributed by atoms with Gasteiger partial charge in [0.1, 0.15) is 5.82 Å². The maximum absolute atomic E-state index is 13.4. The largest absolute Gasteiger partial charge is 0.416 e. The number of aliphatic hydroxyl groups excluding tert-OH is 1. The minimum absolute atomic E-state index is 0.0245. The van der Waals surface area contributed by atoms with Crippen LogP contribution in [0.4, 0.5) is 17.6 Å². The first kappa shape index (κ1) is 15.3. The number of halogens is 4. The average molecular weight is 290 g/mol. The zero-order chi connectivity index (χ0) is 14.9. The summed E-state index contributed by atoms with van der Waals surface area (Å²) >= 11 is 0. The molecule has 1 aliphatic rings. The van der Waals surface area contributed by atoms with Gasteiger partial charge in [-0.15, -0.1) is 0 Å². The summed E-state index contributed by atoms with van der Waals surface area (Å²) in [6.07, 6.45) is -2.09. The maximum atomic E-state index is 13.4. The highest BCUT2D eigenvalue weighted by molar-refractivity contribution is 5.28. The summed E-state index contributed by atoms with van der Waals surface area (Å²) in [6.45, 7) is 2.06. The van der Waals surface area contributed by atoms with Gasteiger partial charge in [0.25, 0.3) is 0 Å². The fourth-order valence-corrected chi connectivity index (χ4v) is 2.99. The van der Waals surface area contributed by atoms with Crippen molar-refractivity contribution in [2.75, 3.05) is 0 Å². The van der Waals surface area contributed by atoms with E-state index >= 15 is 0 Å². The van der Waals surface area contributed by atoms with Gasteiger partial charge in [0.15, 0.2) is 0 Å². The molecule has 0 aromatic heterocycles. The Balaban J connectivity index is 2.25. The third-order valence-corrected chi connectivity index (χ3v) is 4.01. The van der Waals surface area contributed by atoms with Crippen LogP contribution in [0.3, 0.4) is 0 Å². The molecule has 3 unspecified atom stereocenters. The summed E-state index contributed by atoms with van der Waals surface area (Å²) in [5, 5.41) is 10.2. The lowest BCUT2D eigenvalue weighted by Crippen LogP contribution is -2.20. The quantitative estimate of drug-likeness (QED) is 0.782. The van der Waals surface area contributed by atoms with Crippen molar-refractivity contribution >= 4 is 0 Å². The third kappa shape index (κ3) is 3.51. The Morgan fingerprint density at radius 1 is 1.20 bits per heavy atom. The fourth-order valence-electron chi connectivity index (χ4n) is 2.99. The Bertz CT molecular complexity index is 469. The van der Waals surface area contributed by atoms with Crippen molar-refractivity contribution in [2.45, 2.75) is 44.9 Å². The summed E-state index contributed by atoms with van der Waals surface area (Å²) in [5.74, 6) is -0.613. The molecule has 0 bridgehead atoms. The fraction of sp³-hybridized carbons (Fsp3) is 0.600. The molecule has 1 N–H and O–H groups in total. The molecule has 0 spiro atoms. The van der Waals surface area contributed by atoms with Crippen molar-refractivity contribution in [3.8, 4) is 0 Å². The van der Waals surface area contributed by atoms with E-state index in [0.717, 1.165) is 37.8 Å². The van der Waals surface area contributed by atoms with Crippen LogP contribution >= 0.6 is 0 Å². The highest BCUT2D eigenvalue weighted by Crippen LogP contribution is 2.39. The van der Waals surface area contributed by atoms with E-state index in [2.05, 4.69) is 6.92 Å². The molecule has 1 fully saturated rings. The molecule has 5 heteroatoms. The Hall–Kier alpha value is -1.10. The summed E-state index contributed by atoms with van der Waals surface area (Å²) in [5.41, 5.74) is -1.02. The van der Waals surface area contributed by atoms with Gasteiger partial charge in [-0.2, -0.15) is 13.2 Å². The second-order valence-corrected chi connectivity index (χ2v) is 5.75. The molecule has 20 heavy (non-hydrogen) atoms. The molecular weight excluding hydrogens is 272 g/mol. The Morgan fingerprint density at radius 2 is 1.90 bits per heavy atom. The van der Waals surface area contributed by atoms with Crippen molar-refractivity contribution in [3.63, 3.8) is 0 Å². The molecule has 1 nitrogen and oxygen atoms in total. The molecule has 0 amide bonds. The minimum atomic E-state index is -4.60. The van der Waals surface area contributed by atoms with Crippen molar-refractivity contribution < 1.29 is 22.7 Å². The topological polar surface area (TPSA) is 20.2 Å². The number of rotatable bonds is 2. The third-order valence-electron chi connectivity index (χ3n) is 4.01. The molecule has 0 aliphatic heterocycles. The van der Waals surface area contributed by atoms with Gasteiger partial charge < -0.3 is 5.11 Å². The zero-order valence-electron chi connectivity index (χ0n) is 11.3. The lowest BCUT2D eigenvalue weighted by molar-refractivity contribution is -0.137. The van der Waals surface area contributed by atoms with E-state index in [1.54, 1.807) is 0 Å². The summed E-state index contributed by atoms with van der Waals surface area (Å²) in [7, 11) is 0. The van der Waals surface area contributed by atoms with Crippen LogP contribution in [0.2, 0.25) is 0 Å². The van der Waals surface area contributed by atoms with E-state index in [-0.39, 0.29) is 11.5 Å². The van der Waals surface area contributed by atoms with Gasteiger partial charge in [0.05, 0.1) is 11.7 Å². The van der Waals surface area contributed by atoms with Crippen LogP contribution in [-0.4, -0.2) is 5.11 Å². The van der Waals surface area contributed by atoms with Gasteiger partial charge in [-0.25, -0.2) is 4.39 Å². The van der Waals surface area contributed by atoms with E-state index < -0.39 is 23.7 Å². The first-order valence-electron chi connectivity index (χ1n) is 6.83. The molecule has 1 aromatic carbocycles. The molecule has 1 aliphatic carbocycles. The van der Waals surface area contributed by atoms with Gasteiger partial charge in [0.2, 0.25) is 0 Å². The molecule has 0 heterocycles. The standard InChI is InChI=1S/C15H18F4O/c1-9-3-2-4-10(5-9)14(20)11-6-12(15(17,18)19)8-13(16)7-11/h6-10,14,20H,2-5H2,1H3. The molecule has 3 atom stereocenters. The van der Waals surface area contributed by atoms with E-state index in [9.17, 15) is 22.7 Å². The van der Waals surface area contributed by atoms with Gasteiger partial charge in [0, 0.05) is 0 Å². The van der Waals surface area contributed by atoms with Crippen molar-refractivity contribution in [2.24, 2.45) is 11.8 Å². The maximum Gasteiger partial charge on any atom is 0.416 e. The smallest absolute Gasteiger partial charge is 0.388 e. The number of alkyl halides is 3. The molecule has 1 saturated carbocycles. The lowest BCUT2D eigenvalue weighted by Gasteiger charge is -2.30. The van der Waals surface area contributed by atoms with Crippen LogP contribution in [-0.2, 0) is 6.18 Å². The highest BCUT2D eigenvalue weighted by atomic mass is 19.4. The van der Waals surface area contributed by atoms with Crippen LogP contribution in [0.1, 0.15) is 49.8 Å². The molecule has 1 aromatic rings. The molecule has 0 saturated heterocycles. The van der Waals surface area contributed by atoms with E-state index in [4.69, 9.17) is 0 Å². The molecule has 112 valence electrons. The van der Waals surface area contributed by atoms with Crippen LogP contribution in [0.15, 0.2) is 18.2 Å². The van der Waals surface area contributed by atoms with Crippen molar-refractivity contribution in [3.05, 3.63) is 35.1 Å². The minimum Gasteiger partial charge on any atom is -0.388 e. The van der Waals surface area contributed by atoms with Gasteiger partial charge in [-0.05, 0) is 48.4 Å². The summed E-state index contributed by atoms with van der Waals surface area (Å²) < 4.78 is 51.4. The Morgan fingerprint density at radius 3 is 2.50 bits per heavy atom. The van der Waals surface area contributed by atoms with Crippen LogP contribution in [0.5, 0.6) is 0 Å². The van der Waals surface area contributed by atoms with Crippen LogP contribution in [0.25, 0.3) is 0 Å². The predicted octanol–water partition coefficient (Wildman–Crippen LogP) is 4.70. The number of aliphatic hydroxyl groups is 1. The summed E-state index contributed by atoms with van der Waals surface area (Å²) in [4.78, 5) is 0. The number of hydrogen-bond donors (Lipinski definition) is 1. The molecular formula is C15H18F4O. The average Bonchev–Trinajstić information content (AvgIpc) is 2.36. The van der Waals surface area contributed by atoms with E-state index in [1.165, 1.54) is 0 Å². The molecule has 2 rings (SSSR count). The normalized spacial score (nSPS) is 25.5. The zero-order valence-corrected chi connectivity index (χ0v) is 11.3. The van der Waals surface area contributed by atoms with Gasteiger partial charge >= 0.3 is 6.18 Å². The van der Waals surface area contributed by atoms with Crippen LogP contribution in [0, 0.1) is 17.7 Å².